The van der Waals surface area contributed by atoms with Gasteiger partial charge in [0.15, 0.2) is 0 Å². The Hall–Kier alpha value is -4.04. The van der Waals surface area contributed by atoms with Crippen LogP contribution in [0, 0.1) is 33.1 Å². The lowest BCUT2D eigenvalue weighted by atomic mass is 9.91. The molecule has 33 heavy (non-hydrogen) atoms. The number of methoxy groups -OCH3 is 1. The number of fused-ring (bicyclic) bond motifs is 3. The molecule has 0 atom stereocenters. The van der Waals surface area contributed by atoms with Crippen LogP contribution < -0.4 is 5.32 Å². The van der Waals surface area contributed by atoms with Gasteiger partial charge < -0.3 is 9.47 Å². The van der Waals surface area contributed by atoms with Gasteiger partial charge in [0.1, 0.15) is 6.61 Å². The van der Waals surface area contributed by atoms with Gasteiger partial charge in [-0.05, 0) is 59.7 Å². The Bertz CT molecular complexity index is 1270. The Kier molecular flexibility index (Phi) is 5.93. The van der Waals surface area contributed by atoms with Gasteiger partial charge in [0.2, 0.25) is 0 Å². The molecule has 0 heterocycles. The van der Waals surface area contributed by atoms with Crippen LogP contribution in [0.2, 0.25) is 0 Å². The average Bonchev–Trinajstić information content (AvgIpc) is 3.14. The smallest absolute Gasteiger partial charge is 0.411 e. The van der Waals surface area contributed by atoms with E-state index in [0.29, 0.717) is 33.5 Å². The van der Waals surface area contributed by atoms with Crippen LogP contribution in [-0.4, -0.2) is 25.8 Å². The zero-order valence-corrected chi connectivity index (χ0v) is 19.1. The number of nitrogens with one attached hydrogen (secondary N) is 1. The Morgan fingerprint density at radius 1 is 0.939 bits per heavy atom. The number of hydrogen-bond donors (Lipinski definition) is 1. The maximum Gasteiger partial charge on any atom is 0.411 e. The van der Waals surface area contributed by atoms with E-state index in [1.54, 1.807) is 13.8 Å². The third-order valence-electron chi connectivity index (χ3n) is 6.35. The summed E-state index contributed by atoms with van der Waals surface area (Å²) in [6.07, 6.45) is 5.09. The average molecular weight is 440 g/mol. The summed E-state index contributed by atoms with van der Waals surface area (Å²) in [5, 5.41) is 2.81. The summed E-state index contributed by atoms with van der Waals surface area (Å²) in [4.78, 5) is 25.2. The minimum Gasteiger partial charge on any atom is -0.465 e. The van der Waals surface area contributed by atoms with Crippen molar-refractivity contribution in [3.63, 3.8) is 0 Å². The fraction of sp³-hybridized carbons (Fsp3) is 0.214. The first-order valence-electron chi connectivity index (χ1n) is 10.7. The van der Waals surface area contributed by atoms with Gasteiger partial charge in [-0.2, -0.15) is 0 Å². The number of anilines is 1. The molecule has 166 valence electrons. The van der Waals surface area contributed by atoms with E-state index in [9.17, 15) is 9.59 Å². The van der Waals surface area contributed by atoms with Crippen LogP contribution >= 0.6 is 0 Å². The van der Waals surface area contributed by atoms with Gasteiger partial charge in [0.25, 0.3) is 0 Å². The monoisotopic (exact) mass is 439 g/mol. The highest BCUT2D eigenvalue weighted by Crippen LogP contribution is 2.44. The molecule has 0 saturated heterocycles. The fourth-order valence-electron chi connectivity index (χ4n) is 4.77. The summed E-state index contributed by atoms with van der Waals surface area (Å²) in [6, 6.07) is 16.3. The topological polar surface area (TPSA) is 64.6 Å². The van der Waals surface area contributed by atoms with Crippen molar-refractivity contribution in [2.75, 3.05) is 19.0 Å². The summed E-state index contributed by atoms with van der Waals surface area (Å²) >= 11 is 0. The molecule has 1 N–H and O–H groups in total. The van der Waals surface area contributed by atoms with Crippen molar-refractivity contribution in [1.82, 2.24) is 0 Å². The van der Waals surface area contributed by atoms with Crippen molar-refractivity contribution in [3.8, 4) is 23.5 Å². The molecule has 1 amide bonds. The number of terminal acetylenes is 1. The Morgan fingerprint density at radius 2 is 1.52 bits per heavy atom. The quantitative estimate of drug-likeness (QED) is 0.416. The highest BCUT2D eigenvalue weighted by molar-refractivity contribution is 5.98. The van der Waals surface area contributed by atoms with Gasteiger partial charge in [-0.1, -0.05) is 54.5 Å². The zero-order chi connectivity index (χ0) is 23.7. The summed E-state index contributed by atoms with van der Waals surface area (Å²) < 4.78 is 10.6. The minimum absolute atomic E-state index is 0.0461. The van der Waals surface area contributed by atoms with Crippen molar-refractivity contribution < 1.29 is 19.1 Å². The molecule has 5 heteroatoms. The highest BCUT2D eigenvalue weighted by atomic mass is 16.5. The first-order chi connectivity index (χ1) is 15.9. The maximum atomic E-state index is 12.8. The van der Waals surface area contributed by atoms with Gasteiger partial charge in [0.05, 0.1) is 18.4 Å². The second kappa shape index (κ2) is 8.84. The molecule has 0 fully saturated rings. The van der Waals surface area contributed by atoms with Gasteiger partial charge in [-0.15, -0.1) is 6.42 Å². The molecule has 1 aliphatic rings. The number of rotatable bonds is 4. The van der Waals surface area contributed by atoms with E-state index < -0.39 is 12.1 Å². The van der Waals surface area contributed by atoms with Gasteiger partial charge >= 0.3 is 12.1 Å². The Morgan fingerprint density at radius 3 is 2.06 bits per heavy atom. The van der Waals surface area contributed by atoms with E-state index in [1.807, 2.05) is 31.2 Å². The predicted molar refractivity (Wildman–Crippen MR) is 129 cm³/mol. The number of esters is 1. The summed E-state index contributed by atoms with van der Waals surface area (Å²) in [5.74, 6) is 2.07. The lowest BCUT2D eigenvalue weighted by Crippen LogP contribution is -2.21. The molecule has 0 spiro atoms. The summed E-state index contributed by atoms with van der Waals surface area (Å²) in [5.41, 5.74) is 7.90. The number of amides is 1. The van der Waals surface area contributed by atoms with E-state index in [4.69, 9.17) is 15.9 Å². The van der Waals surface area contributed by atoms with Gasteiger partial charge in [0, 0.05) is 11.5 Å². The Balaban J connectivity index is 1.60. The van der Waals surface area contributed by atoms with Crippen LogP contribution in [0.1, 0.15) is 49.7 Å². The standard InChI is InChI=1S/C28H25NO4/c1-6-19-16(2)25(27(30)32-5)18(4)26(17(19)3)29-28(31)33-15-24-22-13-9-7-11-20(22)21-12-8-10-14-23(21)24/h1,7-14,24H,15H2,2-5H3,(H,29,31). The van der Waals surface area contributed by atoms with Crippen LogP contribution in [-0.2, 0) is 9.47 Å². The number of ether oxygens (including phenoxy) is 2. The van der Waals surface area contributed by atoms with Crippen molar-refractivity contribution in [2.45, 2.75) is 26.7 Å². The third-order valence-corrected chi connectivity index (χ3v) is 6.35. The highest BCUT2D eigenvalue weighted by Gasteiger charge is 2.29. The van der Waals surface area contributed by atoms with Crippen LogP contribution in [0.15, 0.2) is 48.5 Å². The van der Waals surface area contributed by atoms with Gasteiger partial charge in [-0.25, -0.2) is 9.59 Å². The van der Waals surface area contributed by atoms with E-state index in [2.05, 4.69) is 35.5 Å². The first-order valence-corrected chi connectivity index (χ1v) is 10.7. The molecule has 0 aromatic heterocycles. The van der Waals surface area contributed by atoms with E-state index in [1.165, 1.54) is 7.11 Å². The molecule has 1 aliphatic carbocycles. The van der Waals surface area contributed by atoms with Gasteiger partial charge in [-0.3, -0.25) is 5.32 Å². The number of carbonyl (C=O) groups excluding carboxylic acids is 2. The SMILES string of the molecule is C#Cc1c(C)c(NC(=O)OCC2c3ccccc3-c3ccccc32)c(C)c(C(=O)OC)c1C. The van der Waals surface area contributed by atoms with Crippen LogP contribution in [0.4, 0.5) is 10.5 Å². The fourth-order valence-corrected chi connectivity index (χ4v) is 4.77. The lowest BCUT2D eigenvalue weighted by Gasteiger charge is -2.20. The van der Waals surface area contributed by atoms with Crippen molar-refractivity contribution in [2.24, 2.45) is 0 Å². The zero-order valence-electron chi connectivity index (χ0n) is 19.1. The number of hydrogen-bond acceptors (Lipinski definition) is 4. The molecule has 0 bridgehead atoms. The summed E-state index contributed by atoms with van der Waals surface area (Å²) in [7, 11) is 1.31. The number of benzene rings is 3. The molecular weight excluding hydrogens is 414 g/mol. The van der Waals surface area contributed by atoms with Crippen LogP contribution in [0.25, 0.3) is 11.1 Å². The maximum absolute atomic E-state index is 12.8. The molecule has 3 aromatic rings. The molecule has 0 radical (unpaired) electrons. The van der Waals surface area contributed by atoms with E-state index in [-0.39, 0.29) is 12.5 Å². The van der Waals surface area contributed by atoms with Crippen molar-refractivity contribution >= 4 is 17.7 Å². The first kappa shape index (κ1) is 22.2. The minimum atomic E-state index is -0.606. The molecular formula is C28H25NO4. The van der Waals surface area contributed by atoms with Crippen molar-refractivity contribution in [1.29, 1.82) is 0 Å². The van der Waals surface area contributed by atoms with Crippen LogP contribution in [0.5, 0.6) is 0 Å². The second-order valence-corrected chi connectivity index (χ2v) is 8.09. The molecule has 5 nitrogen and oxygen atoms in total. The third kappa shape index (κ3) is 3.74. The van der Waals surface area contributed by atoms with E-state index in [0.717, 1.165) is 22.3 Å². The molecule has 3 aromatic carbocycles. The molecule has 0 aliphatic heterocycles. The van der Waals surface area contributed by atoms with E-state index >= 15 is 0 Å². The van der Waals surface area contributed by atoms with Crippen molar-refractivity contribution in [3.05, 3.63) is 87.5 Å². The largest absolute Gasteiger partial charge is 0.465 e. The van der Waals surface area contributed by atoms with Crippen LogP contribution in [0.3, 0.4) is 0 Å². The Labute approximate surface area is 193 Å². The second-order valence-electron chi connectivity index (χ2n) is 8.09. The molecule has 4 rings (SSSR count). The predicted octanol–water partition coefficient (Wildman–Crippen LogP) is 5.74. The molecule has 0 unspecified atom stereocenters. The lowest BCUT2D eigenvalue weighted by molar-refractivity contribution is 0.0599. The normalized spacial score (nSPS) is 11.8. The summed E-state index contributed by atoms with van der Waals surface area (Å²) in [6.45, 7) is 5.54. The molecule has 0 saturated carbocycles. The number of carbonyl (C=O) groups is 2.